The van der Waals surface area contributed by atoms with E-state index in [0.717, 1.165) is 22.3 Å². The molecule has 0 aliphatic heterocycles. The Bertz CT molecular complexity index is 803. The van der Waals surface area contributed by atoms with Gasteiger partial charge in [-0.05, 0) is 38.1 Å². The van der Waals surface area contributed by atoms with Crippen molar-refractivity contribution >= 4 is 16.9 Å². The molecule has 2 heterocycles. The van der Waals surface area contributed by atoms with E-state index in [1.54, 1.807) is 24.0 Å². The van der Waals surface area contributed by atoms with Crippen molar-refractivity contribution in [1.82, 2.24) is 14.8 Å². The number of hydrogen-bond acceptors (Lipinski definition) is 4. The van der Waals surface area contributed by atoms with Crippen LogP contribution in [0, 0.1) is 6.92 Å². The van der Waals surface area contributed by atoms with E-state index < -0.39 is 0 Å². The van der Waals surface area contributed by atoms with Gasteiger partial charge in [-0.2, -0.15) is 5.10 Å². The fourth-order valence-corrected chi connectivity index (χ4v) is 2.33. The number of aromatic nitrogens is 3. The molecule has 0 N–H and O–H groups in total. The topological polar surface area (TPSA) is 57.0 Å². The van der Waals surface area contributed by atoms with Crippen molar-refractivity contribution in [2.75, 3.05) is 6.61 Å². The van der Waals surface area contributed by atoms with Crippen LogP contribution in [0.1, 0.15) is 23.0 Å². The van der Waals surface area contributed by atoms with Gasteiger partial charge in [-0.15, -0.1) is 0 Å². The first-order valence-electron chi connectivity index (χ1n) is 6.78. The molecule has 0 saturated carbocycles. The van der Waals surface area contributed by atoms with Crippen LogP contribution >= 0.6 is 0 Å². The second kappa shape index (κ2) is 5.36. The number of esters is 1. The van der Waals surface area contributed by atoms with Crippen molar-refractivity contribution < 1.29 is 9.53 Å². The zero-order valence-corrected chi connectivity index (χ0v) is 11.9. The first-order valence-corrected chi connectivity index (χ1v) is 6.78. The first-order chi connectivity index (χ1) is 10.2. The largest absolute Gasteiger partial charge is 0.462 e. The van der Waals surface area contributed by atoms with Crippen molar-refractivity contribution in [2.24, 2.45) is 0 Å². The maximum absolute atomic E-state index is 11.9. The third-order valence-electron chi connectivity index (χ3n) is 3.36. The highest BCUT2D eigenvalue weighted by Gasteiger charge is 2.17. The lowest BCUT2D eigenvalue weighted by molar-refractivity contribution is 0.0525. The highest BCUT2D eigenvalue weighted by atomic mass is 16.5. The minimum Gasteiger partial charge on any atom is -0.462 e. The molecule has 0 saturated heterocycles. The molecule has 0 spiro atoms. The SMILES string of the molecule is CCOC(=O)c1cnn(-c2cccc3ncccc23)c1C. The highest BCUT2D eigenvalue weighted by Crippen LogP contribution is 2.22. The fourth-order valence-electron chi connectivity index (χ4n) is 2.33. The molecule has 0 atom stereocenters. The van der Waals surface area contributed by atoms with Crippen LogP contribution in [-0.4, -0.2) is 27.3 Å². The van der Waals surface area contributed by atoms with E-state index in [1.165, 1.54) is 0 Å². The number of ether oxygens (including phenoxy) is 1. The summed E-state index contributed by atoms with van der Waals surface area (Å²) in [6, 6.07) is 9.71. The van der Waals surface area contributed by atoms with E-state index in [4.69, 9.17) is 4.74 Å². The Kier molecular flexibility index (Phi) is 3.39. The highest BCUT2D eigenvalue weighted by molar-refractivity contribution is 5.91. The van der Waals surface area contributed by atoms with Gasteiger partial charge in [-0.25, -0.2) is 9.48 Å². The number of carbonyl (C=O) groups excluding carboxylic acids is 1. The number of benzene rings is 1. The quantitative estimate of drug-likeness (QED) is 0.693. The number of hydrogen-bond donors (Lipinski definition) is 0. The minimum atomic E-state index is -0.348. The summed E-state index contributed by atoms with van der Waals surface area (Å²) in [6.07, 6.45) is 3.30. The van der Waals surface area contributed by atoms with E-state index in [2.05, 4.69) is 10.1 Å². The molecule has 106 valence electrons. The second-order valence-corrected chi connectivity index (χ2v) is 4.62. The van der Waals surface area contributed by atoms with E-state index in [9.17, 15) is 4.79 Å². The van der Waals surface area contributed by atoms with Crippen LogP contribution < -0.4 is 0 Å². The van der Waals surface area contributed by atoms with Crippen molar-refractivity contribution in [3.8, 4) is 5.69 Å². The van der Waals surface area contributed by atoms with E-state index in [-0.39, 0.29) is 5.97 Å². The lowest BCUT2D eigenvalue weighted by Gasteiger charge is -2.08. The molecule has 5 heteroatoms. The van der Waals surface area contributed by atoms with Crippen molar-refractivity contribution in [3.05, 3.63) is 54.0 Å². The van der Waals surface area contributed by atoms with Crippen molar-refractivity contribution in [1.29, 1.82) is 0 Å². The molecule has 0 fully saturated rings. The average Bonchev–Trinajstić information content (AvgIpc) is 2.88. The molecule has 0 bridgehead atoms. The van der Waals surface area contributed by atoms with Gasteiger partial charge in [0.05, 0.1) is 29.7 Å². The molecule has 21 heavy (non-hydrogen) atoms. The van der Waals surface area contributed by atoms with Crippen molar-refractivity contribution in [2.45, 2.75) is 13.8 Å². The smallest absolute Gasteiger partial charge is 0.341 e. The van der Waals surface area contributed by atoms with Gasteiger partial charge < -0.3 is 4.74 Å². The molecule has 3 rings (SSSR count). The van der Waals surface area contributed by atoms with Gasteiger partial charge in [-0.1, -0.05) is 6.07 Å². The molecule has 0 radical (unpaired) electrons. The monoisotopic (exact) mass is 281 g/mol. The third kappa shape index (κ3) is 2.27. The second-order valence-electron chi connectivity index (χ2n) is 4.62. The molecule has 2 aromatic heterocycles. The van der Waals surface area contributed by atoms with Crippen LogP contribution in [-0.2, 0) is 4.74 Å². The zero-order valence-electron chi connectivity index (χ0n) is 11.9. The van der Waals surface area contributed by atoms with Crippen LogP contribution in [0.15, 0.2) is 42.7 Å². The number of rotatable bonds is 3. The van der Waals surface area contributed by atoms with E-state index in [1.807, 2.05) is 37.3 Å². The Morgan fingerprint density at radius 3 is 2.95 bits per heavy atom. The van der Waals surface area contributed by atoms with Crippen molar-refractivity contribution in [3.63, 3.8) is 0 Å². The van der Waals surface area contributed by atoms with Gasteiger partial charge in [0.25, 0.3) is 0 Å². The predicted molar refractivity (Wildman–Crippen MR) is 79.6 cm³/mol. The Morgan fingerprint density at radius 1 is 1.29 bits per heavy atom. The van der Waals surface area contributed by atoms with Gasteiger partial charge in [0.15, 0.2) is 0 Å². The molecular weight excluding hydrogens is 266 g/mol. The number of fused-ring (bicyclic) bond motifs is 1. The Morgan fingerprint density at radius 2 is 2.14 bits per heavy atom. The maximum Gasteiger partial charge on any atom is 0.341 e. The Labute approximate surface area is 122 Å². The zero-order chi connectivity index (χ0) is 14.8. The summed E-state index contributed by atoms with van der Waals surface area (Å²) in [5.41, 5.74) is 3.03. The maximum atomic E-state index is 11.9. The number of carbonyl (C=O) groups is 1. The lowest BCUT2D eigenvalue weighted by atomic mass is 10.1. The average molecular weight is 281 g/mol. The fraction of sp³-hybridized carbons (Fsp3) is 0.188. The summed E-state index contributed by atoms with van der Waals surface area (Å²) in [5.74, 6) is -0.348. The molecule has 3 aromatic rings. The van der Waals surface area contributed by atoms with Gasteiger partial charge >= 0.3 is 5.97 Å². The van der Waals surface area contributed by atoms with Crippen LogP contribution in [0.25, 0.3) is 16.6 Å². The first kappa shape index (κ1) is 13.3. The number of nitrogens with zero attached hydrogens (tertiary/aromatic N) is 3. The van der Waals surface area contributed by atoms with Crippen LogP contribution in [0.4, 0.5) is 0 Å². The Balaban J connectivity index is 2.14. The summed E-state index contributed by atoms with van der Waals surface area (Å²) in [5, 5.41) is 5.32. The van der Waals surface area contributed by atoms with Crippen LogP contribution in [0.5, 0.6) is 0 Å². The normalized spacial score (nSPS) is 10.8. The lowest BCUT2D eigenvalue weighted by Crippen LogP contribution is -2.07. The van der Waals surface area contributed by atoms with E-state index in [0.29, 0.717) is 12.2 Å². The third-order valence-corrected chi connectivity index (χ3v) is 3.36. The van der Waals surface area contributed by atoms with Gasteiger partial charge in [0.1, 0.15) is 5.56 Å². The number of pyridine rings is 1. The van der Waals surface area contributed by atoms with Crippen LogP contribution in [0.2, 0.25) is 0 Å². The molecule has 0 unspecified atom stereocenters. The summed E-state index contributed by atoms with van der Waals surface area (Å²) < 4.78 is 6.79. The standard InChI is InChI=1S/C16H15N3O2/c1-3-21-16(20)13-10-18-19(11(13)2)15-8-4-7-14-12(15)6-5-9-17-14/h4-10H,3H2,1-2H3. The van der Waals surface area contributed by atoms with Gasteiger partial charge in [0, 0.05) is 11.6 Å². The minimum absolute atomic E-state index is 0.348. The van der Waals surface area contributed by atoms with E-state index >= 15 is 0 Å². The molecular formula is C16H15N3O2. The molecule has 1 aromatic carbocycles. The predicted octanol–water partition coefficient (Wildman–Crippen LogP) is 2.91. The van der Waals surface area contributed by atoms with Crippen LogP contribution in [0.3, 0.4) is 0 Å². The molecule has 0 aliphatic rings. The Hall–Kier alpha value is -2.69. The van der Waals surface area contributed by atoms with Gasteiger partial charge in [0.2, 0.25) is 0 Å². The summed E-state index contributed by atoms with van der Waals surface area (Å²) in [4.78, 5) is 16.2. The summed E-state index contributed by atoms with van der Waals surface area (Å²) >= 11 is 0. The molecule has 0 aliphatic carbocycles. The summed E-state index contributed by atoms with van der Waals surface area (Å²) in [6.45, 7) is 3.99. The molecule has 5 nitrogen and oxygen atoms in total. The molecule has 0 amide bonds. The summed E-state index contributed by atoms with van der Waals surface area (Å²) in [7, 11) is 0. The van der Waals surface area contributed by atoms with Gasteiger partial charge in [-0.3, -0.25) is 4.98 Å².